The van der Waals surface area contributed by atoms with E-state index in [1.807, 2.05) is 31.3 Å². The van der Waals surface area contributed by atoms with Gasteiger partial charge in [0.2, 0.25) is 0 Å². The number of hydrogen-bond donors (Lipinski definition) is 0. The minimum atomic E-state index is -0.0221. The number of hydrogen-bond acceptors (Lipinski definition) is 5. The highest BCUT2D eigenvalue weighted by atomic mass is 16.5. The number of aromatic nitrogens is 3. The number of rotatable bonds is 4. The molecule has 1 saturated heterocycles. The van der Waals surface area contributed by atoms with Gasteiger partial charge in [-0.15, -0.1) is 0 Å². The predicted octanol–water partition coefficient (Wildman–Crippen LogP) is 2.18. The molecule has 1 fully saturated rings. The van der Waals surface area contributed by atoms with E-state index in [0.29, 0.717) is 32.1 Å². The Balaban J connectivity index is 1.55. The summed E-state index contributed by atoms with van der Waals surface area (Å²) in [7, 11) is 1.90. The summed E-state index contributed by atoms with van der Waals surface area (Å²) in [6, 6.07) is 9.75. The van der Waals surface area contributed by atoms with Gasteiger partial charge >= 0.3 is 0 Å². The molecular formula is C20H22N4O3. The molecule has 0 spiro atoms. The first-order valence-electron chi connectivity index (χ1n) is 9.00. The van der Waals surface area contributed by atoms with Gasteiger partial charge in [0.15, 0.2) is 6.61 Å². The van der Waals surface area contributed by atoms with Crippen molar-refractivity contribution in [2.75, 3.05) is 32.9 Å². The molecular weight excluding hydrogens is 344 g/mol. The third kappa shape index (κ3) is 3.64. The van der Waals surface area contributed by atoms with Gasteiger partial charge < -0.3 is 14.4 Å². The number of aryl methyl sites for hydroxylation is 2. The minimum absolute atomic E-state index is 0.0198. The van der Waals surface area contributed by atoms with Gasteiger partial charge in [0.1, 0.15) is 5.75 Å². The van der Waals surface area contributed by atoms with Gasteiger partial charge in [0, 0.05) is 37.8 Å². The molecule has 7 nitrogen and oxygen atoms in total. The summed E-state index contributed by atoms with van der Waals surface area (Å²) in [6.45, 7) is 4.49. The van der Waals surface area contributed by atoms with Crippen molar-refractivity contribution in [3.63, 3.8) is 0 Å². The maximum absolute atomic E-state index is 12.3. The molecule has 140 valence electrons. The van der Waals surface area contributed by atoms with E-state index in [9.17, 15) is 4.79 Å². The first kappa shape index (κ1) is 17.5. The van der Waals surface area contributed by atoms with Gasteiger partial charge in [-0.05, 0) is 36.8 Å². The number of benzene rings is 1. The highest BCUT2D eigenvalue weighted by Gasteiger charge is 2.17. The Morgan fingerprint density at radius 3 is 2.78 bits per heavy atom. The Morgan fingerprint density at radius 1 is 1.22 bits per heavy atom. The summed E-state index contributed by atoms with van der Waals surface area (Å²) in [5, 5.41) is 5.28. The standard InChI is InChI=1S/C20H22N4O3/c1-14-11-18(19-5-6-21-23(19)2)22-17-12-15(3-4-16(14)17)27-13-20(25)24-7-9-26-10-8-24/h3-6,11-12H,7-10,13H2,1-2H3. The van der Waals surface area contributed by atoms with Gasteiger partial charge in [-0.2, -0.15) is 5.10 Å². The van der Waals surface area contributed by atoms with Gasteiger partial charge in [-0.25, -0.2) is 4.98 Å². The second-order valence-electron chi connectivity index (χ2n) is 6.63. The van der Waals surface area contributed by atoms with Gasteiger partial charge in [-0.3, -0.25) is 9.48 Å². The van der Waals surface area contributed by atoms with Crippen molar-refractivity contribution in [3.05, 3.63) is 42.1 Å². The van der Waals surface area contributed by atoms with Crippen molar-refractivity contribution < 1.29 is 14.3 Å². The Morgan fingerprint density at radius 2 is 2.04 bits per heavy atom. The van der Waals surface area contributed by atoms with Crippen molar-refractivity contribution in [2.24, 2.45) is 7.05 Å². The zero-order valence-corrected chi connectivity index (χ0v) is 15.5. The fourth-order valence-corrected chi connectivity index (χ4v) is 3.28. The monoisotopic (exact) mass is 366 g/mol. The molecule has 3 aromatic rings. The fraction of sp³-hybridized carbons (Fsp3) is 0.350. The molecule has 0 saturated carbocycles. The van der Waals surface area contributed by atoms with E-state index in [1.54, 1.807) is 15.8 Å². The van der Waals surface area contributed by atoms with Crippen molar-refractivity contribution in [1.82, 2.24) is 19.7 Å². The summed E-state index contributed by atoms with van der Waals surface area (Å²) in [5.74, 6) is 0.615. The number of fused-ring (bicyclic) bond motifs is 1. The number of amides is 1. The maximum Gasteiger partial charge on any atom is 0.260 e. The zero-order valence-electron chi connectivity index (χ0n) is 15.5. The van der Waals surface area contributed by atoms with Crippen LogP contribution >= 0.6 is 0 Å². The molecule has 0 radical (unpaired) electrons. The molecule has 0 atom stereocenters. The lowest BCUT2D eigenvalue weighted by atomic mass is 10.1. The first-order chi connectivity index (χ1) is 13.1. The molecule has 2 aromatic heterocycles. The SMILES string of the molecule is Cc1cc(-c2ccnn2C)nc2cc(OCC(=O)N3CCOCC3)ccc12. The van der Waals surface area contributed by atoms with Gasteiger partial charge in [-0.1, -0.05) is 0 Å². The highest BCUT2D eigenvalue weighted by Crippen LogP contribution is 2.26. The van der Waals surface area contributed by atoms with Crippen LogP contribution in [0.3, 0.4) is 0 Å². The average Bonchev–Trinajstić information content (AvgIpc) is 3.12. The van der Waals surface area contributed by atoms with Crippen molar-refractivity contribution >= 4 is 16.8 Å². The maximum atomic E-state index is 12.3. The third-order valence-corrected chi connectivity index (χ3v) is 4.80. The summed E-state index contributed by atoms with van der Waals surface area (Å²) in [6.07, 6.45) is 1.76. The van der Waals surface area contributed by atoms with Crippen LogP contribution in [-0.2, 0) is 16.6 Å². The zero-order chi connectivity index (χ0) is 18.8. The number of morpholine rings is 1. The van der Waals surface area contributed by atoms with Crippen LogP contribution in [0, 0.1) is 6.92 Å². The molecule has 1 aliphatic rings. The van der Waals surface area contributed by atoms with E-state index in [-0.39, 0.29) is 12.5 Å². The Labute approximate surface area is 157 Å². The molecule has 7 heteroatoms. The number of ether oxygens (including phenoxy) is 2. The van der Waals surface area contributed by atoms with Crippen molar-refractivity contribution in [3.8, 4) is 17.1 Å². The van der Waals surface area contributed by atoms with Crippen LogP contribution in [0.2, 0.25) is 0 Å². The fourth-order valence-electron chi connectivity index (χ4n) is 3.28. The second kappa shape index (κ2) is 7.36. The normalized spacial score (nSPS) is 14.5. The summed E-state index contributed by atoms with van der Waals surface area (Å²) < 4.78 is 12.8. The van der Waals surface area contributed by atoms with Crippen LogP contribution in [0.1, 0.15) is 5.56 Å². The first-order valence-corrected chi connectivity index (χ1v) is 9.00. The molecule has 0 bridgehead atoms. The van der Waals surface area contributed by atoms with Crippen LogP contribution in [0.25, 0.3) is 22.3 Å². The number of nitrogens with zero attached hydrogens (tertiary/aromatic N) is 4. The van der Waals surface area contributed by atoms with Crippen LogP contribution < -0.4 is 4.74 Å². The molecule has 1 aliphatic heterocycles. The molecule has 0 N–H and O–H groups in total. The minimum Gasteiger partial charge on any atom is -0.484 e. The third-order valence-electron chi connectivity index (χ3n) is 4.80. The van der Waals surface area contributed by atoms with E-state index >= 15 is 0 Å². The van der Waals surface area contributed by atoms with E-state index in [2.05, 4.69) is 18.1 Å². The highest BCUT2D eigenvalue weighted by molar-refractivity contribution is 5.86. The number of carbonyl (C=O) groups excluding carboxylic acids is 1. The van der Waals surface area contributed by atoms with Crippen LogP contribution in [0.4, 0.5) is 0 Å². The smallest absolute Gasteiger partial charge is 0.260 e. The van der Waals surface area contributed by atoms with Crippen molar-refractivity contribution in [2.45, 2.75) is 6.92 Å². The second-order valence-corrected chi connectivity index (χ2v) is 6.63. The van der Waals surface area contributed by atoms with Gasteiger partial charge in [0.05, 0.1) is 30.1 Å². The summed E-state index contributed by atoms with van der Waals surface area (Å²) >= 11 is 0. The number of pyridine rings is 1. The lowest BCUT2D eigenvalue weighted by Gasteiger charge is -2.26. The van der Waals surface area contributed by atoms with E-state index < -0.39 is 0 Å². The van der Waals surface area contributed by atoms with Crippen LogP contribution in [0.5, 0.6) is 5.75 Å². The molecule has 1 aromatic carbocycles. The van der Waals surface area contributed by atoms with Crippen LogP contribution in [-0.4, -0.2) is 58.5 Å². The summed E-state index contributed by atoms with van der Waals surface area (Å²) in [4.78, 5) is 18.8. The summed E-state index contributed by atoms with van der Waals surface area (Å²) in [5.41, 5.74) is 3.78. The lowest BCUT2D eigenvalue weighted by molar-refractivity contribution is -0.137. The van der Waals surface area contributed by atoms with Crippen molar-refractivity contribution in [1.29, 1.82) is 0 Å². The number of carbonyl (C=O) groups is 1. The quantitative estimate of drug-likeness (QED) is 0.708. The van der Waals surface area contributed by atoms with Crippen LogP contribution in [0.15, 0.2) is 36.5 Å². The van der Waals surface area contributed by atoms with E-state index in [4.69, 9.17) is 14.5 Å². The van der Waals surface area contributed by atoms with E-state index in [0.717, 1.165) is 27.9 Å². The lowest BCUT2D eigenvalue weighted by Crippen LogP contribution is -2.42. The predicted molar refractivity (Wildman–Crippen MR) is 102 cm³/mol. The Bertz CT molecular complexity index is 977. The molecule has 3 heterocycles. The van der Waals surface area contributed by atoms with Gasteiger partial charge in [0.25, 0.3) is 5.91 Å². The molecule has 1 amide bonds. The Kier molecular flexibility index (Phi) is 4.77. The molecule has 4 rings (SSSR count). The molecule has 27 heavy (non-hydrogen) atoms. The largest absolute Gasteiger partial charge is 0.484 e. The topological polar surface area (TPSA) is 69.5 Å². The average molecular weight is 366 g/mol. The molecule has 0 unspecified atom stereocenters. The Hall–Kier alpha value is -2.93. The van der Waals surface area contributed by atoms with E-state index in [1.165, 1.54) is 0 Å². The molecule has 0 aliphatic carbocycles.